The fourth-order valence-electron chi connectivity index (χ4n) is 2.16. The van der Waals surface area contributed by atoms with Crippen LogP contribution in [0.4, 0.5) is 5.69 Å². The van der Waals surface area contributed by atoms with E-state index in [1.165, 1.54) is 43.7 Å². The van der Waals surface area contributed by atoms with Gasteiger partial charge in [0.25, 0.3) is 0 Å². The van der Waals surface area contributed by atoms with Gasteiger partial charge in [0.1, 0.15) is 0 Å². The third-order valence-electron chi connectivity index (χ3n) is 3.60. The van der Waals surface area contributed by atoms with Gasteiger partial charge in [-0.2, -0.15) is 0 Å². The van der Waals surface area contributed by atoms with Gasteiger partial charge in [0.2, 0.25) is 0 Å². The molecule has 0 fully saturated rings. The molecule has 0 radical (unpaired) electrons. The molecule has 1 atom stereocenters. The smallest absolute Gasteiger partial charge is 1.00 e. The molecule has 120 valence electrons. The van der Waals surface area contributed by atoms with Crippen molar-refractivity contribution in [3.63, 3.8) is 0 Å². The first-order valence-corrected chi connectivity index (χ1v) is 21.6. The Hall–Kier alpha value is 0.493. The first kappa shape index (κ1) is 24.7. The number of halogens is 2. The summed E-state index contributed by atoms with van der Waals surface area (Å²) in [6, 6.07) is 10.2. The van der Waals surface area contributed by atoms with Gasteiger partial charge in [-0.3, -0.25) is 0 Å². The Kier molecular flexibility index (Phi) is 13.4. The molecule has 0 aromatic heterocycles. The largest absolute Gasteiger partial charge is 1.00 e. The summed E-state index contributed by atoms with van der Waals surface area (Å²) >= 11 is 1.52. The molecule has 0 spiro atoms. The first-order chi connectivity index (χ1) is 9.34. The monoisotopic (exact) mass is 566 g/mol. The Bertz CT molecular complexity index is 549. The van der Waals surface area contributed by atoms with Crippen LogP contribution < -0.4 is 24.8 Å². The van der Waals surface area contributed by atoms with Crippen molar-refractivity contribution in [1.29, 1.82) is 0 Å². The number of para-hydroxylation sites is 1. The van der Waals surface area contributed by atoms with Crippen LogP contribution in [-0.4, -0.2) is 10.1 Å². The van der Waals surface area contributed by atoms with Gasteiger partial charge in [-0.1, -0.05) is 54.0 Å². The summed E-state index contributed by atoms with van der Waals surface area (Å²) in [5, 5.41) is 4.76. The molecule has 1 aliphatic carbocycles. The summed E-state index contributed by atoms with van der Waals surface area (Å²) in [5.74, 6) is 5.25. The van der Waals surface area contributed by atoms with Gasteiger partial charge >= 0.3 is 42.8 Å². The maximum absolute atomic E-state index is 4.76. The van der Waals surface area contributed by atoms with Crippen LogP contribution in [0.2, 0.25) is 11.5 Å². The summed E-state index contributed by atoms with van der Waals surface area (Å²) < 4.78 is 0. The number of hydrogen-bond acceptors (Lipinski definition) is 0. The van der Waals surface area contributed by atoms with E-state index in [2.05, 4.69) is 51.3 Å². The van der Waals surface area contributed by atoms with E-state index in [9.17, 15) is 0 Å². The molecule has 0 amide bonds. The van der Waals surface area contributed by atoms with Gasteiger partial charge in [0, 0.05) is 0 Å². The zero-order chi connectivity index (χ0) is 15.3. The molecule has 1 aromatic rings. The Labute approximate surface area is 163 Å². The summed E-state index contributed by atoms with van der Waals surface area (Å²) in [6.45, 7) is 8.80. The molecule has 22 heavy (non-hydrogen) atoms. The Morgan fingerprint density at radius 2 is 1.41 bits per heavy atom. The Morgan fingerprint density at radius 3 is 1.77 bits per heavy atom. The van der Waals surface area contributed by atoms with Gasteiger partial charge < -0.3 is 30.1 Å². The Morgan fingerprint density at radius 1 is 0.955 bits per heavy atom. The molecule has 1 unspecified atom stereocenters. The second-order valence-corrected chi connectivity index (χ2v) is 28.4. The molecule has 0 heterocycles. The van der Waals surface area contributed by atoms with Crippen LogP contribution >= 0.6 is 0 Å². The minimum atomic E-state index is -0.194. The van der Waals surface area contributed by atoms with Crippen molar-refractivity contribution in [2.24, 2.45) is 5.92 Å². The van der Waals surface area contributed by atoms with Crippen LogP contribution in [0.3, 0.4) is 0 Å². The van der Waals surface area contributed by atoms with Gasteiger partial charge in [-0.15, -0.1) is 11.4 Å². The zero-order valence-electron chi connectivity index (χ0n) is 14.2. The minimum Gasteiger partial charge on any atom is -1.00 e. The molecule has 2 rings (SSSR count). The average Bonchev–Trinajstić information content (AvgIpc) is 2.57. The van der Waals surface area contributed by atoms with Gasteiger partial charge in [0.15, 0.2) is 0 Å². The molecule has 0 saturated carbocycles. The van der Waals surface area contributed by atoms with E-state index < -0.39 is 0 Å². The molecule has 0 aliphatic heterocycles. The first-order valence-electron chi connectivity index (χ1n) is 7.01. The zero-order valence-corrected chi connectivity index (χ0v) is 21.4. The summed E-state index contributed by atoms with van der Waals surface area (Å²) in [6.07, 6.45) is 0. The minimum absolute atomic E-state index is 0. The molecular weight excluding hydrogens is 540 g/mol. The summed E-state index contributed by atoms with van der Waals surface area (Å²) in [7, 11) is -0.194. The van der Waals surface area contributed by atoms with Gasteiger partial charge in [-0.25, -0.2) is 0 Å². The standard InChI is InChI=1S/C15H18N.C2H6Ge.2ClH.Hf/c1-10-11(2)13(4)15(12(10)3)16-14-8-6-5-7-9-14;1-3-2;;;/h5-9,12H,1-4H3;1-2H3;2*1H;/q-1;;;;+2/p-2. The van der Waals surface area contributed by atoms with Gasteiger partial charge in [0.05, 0.1) is 0 Å². The van der Waals surface area contributed by atoms with Gasteiger partial charge in [-0.05, 0) is 26.7 Å². The molecule has 0 saturated heterocycles. The number of allylic oxidation sites excluding steroid dienone is 3. The predicted octanol–water partition coefficient (Wildman–Crippen LogP) is -0.256. The molecule has 5 heteroatoms. The quantitative estimate of drug-likeness (QED) is 0.441. The van der Waals surface area contributed by atoms with E-state index in [4.69, 9.17) is 5.32 Å². The van der Waals surface area contributed by atoms with Crippen molar-refractivity contribution >= 4 is 15.7 Å². The Balaban J connectivity index is 0. The van der Waals surface area contributed by atoms with Crippen LogP contribution in [0.25, 0.3) is 5.32 Å². The van der Waals surface area contributed by atoms with E-state index in [0.717, 1.165) is 5.69 Å². The SMILES string of the molecule is CC1=C(C)C(C)C([N-]c2ccccc2)=C1C.[CH3][Ge]([CH3])=[Hf+2].[Cl-].[Cl-]. The number of nitrogens with zero attached hydrogens (tertiary/aromatic N) is 1. The molecule has 1 aliphatic rings. The number of hydrogen-bond donors (Lipinski definition) is 0. The van der Waals surface area contributed by atoms with E-state index in [-0.39, 0.29) is 34.9 Å². The van der Waals surface area contributed by atoms with Crippen molar-refractivity contribution in [2.45, 2.75) is 39.2 Å². The second-order valence-electron chi connectivity index (χ2n) is 5.49. The third kappa shape index (κ3) is 7.38. The summed E-state index contributed by atoms with van der Waals surface area (Å²) in [5.41, 5.74) is 6.47. The van der Waals surface area contributed by atoms with Crippen LogP contribution in [0.5, 0.6) is 0 Å². The van der Waals surface area contributed by atoms with E-state index in [1.807, 2.05) is 18.2 Å². The molecule has 0 N–H and O–H groups in total. The maximum Gasteiger partial charge on any atom is -1.00 e. The molecule has 1 nitrogen and oxygen atoms in total. The van der Waals surface area contributed by atoms with Crippen LogP contribution in [0, 0.1) is 5.92 Å². The van der Waals surface area contributed by atoms with E-state index in [0.29, 0.717) is 5.92 Å². The van der Waals surface area contributed by atoms with Crippen molar-refractivity contribution in [3.8, 4) is 0 Å². The summed E-state index contributed by atoms with van der Waals surface area (Å²) in [4.78, 5) is 0. The maximum atomic E-state index is 4.76. The topological polar surface area (TPSA) is 14.1 Å². The van der Waals surface area contributed by atoms with Crippen LogP contribution in [0.15, 0.2) is 52.7 Å². The van der Waals surface area contributed by atoms with Crippen LogP contribution in [0.1, 0.15) is 27.7 Å². The second kappa shape index (κ2) is 11.9. The molecule has 1 aromatic carbocycles. The molecule has 0 bridgehead atoms. The number of rotatable bonds is 2. The third-order valence-corrected chi connectivity index (χ3v) is 3.60. The van der Waals surface area contributed by atoms with Crippen LogP contribution in [-0.2, 0) is 21.3 Å². The van der Waals surface area contributed by atoms with Crippen molar-refractivity contribution in [1.82, 2.24) is 0 Å². The van der Waals surface area contributed by atoms with Crippen molar-refractivity contribution in [3.05, 3.63) is 58.1 Å². The number of benzene rings is 1. The van der Waals surface area contributed by atoms with Crippen molar-refractivity contribution < 1.29 is 46.1 Å². The molecular formula is C17H24Cl2GeHfN-. The van der Waals surface area contributed by atoms with E-state index >= 15 is 0 Å². The predicted molar refractivity (Wildman–Crippen MR) is 87.2 cm³/mol. The normalized spacial score (nSPS) is 16.3. The van der Waals surface area contributed by atoms with E-state index in [1.54, 1.807) is 0 Å². The van der Waals surface area contributed by atoms with Crippen molar-refractivity contribution in [2.75, 3.05) is 0 Å². The fraction of sp³-hybridized carbons (Fsp3) is 0.412. The average molecular weight is 564 g/mol. The fourth-order valence-corrected chi connectivity index (χ4v) is 2.16.